The fourth-order valence-corrected chi connectivity index (χ4v) is 4.55. The number of nitrogens with one attached hydrogen (secondary N) is 1. The number of nitrogens with zero attached hydrogens (tertiary/aromatic N) is 1. The molecule has 2 aromatic rings. The van der Waals surface area contributed by atoms with Gasteiger partial charge in [0.2, 0.25) is 0 Å². The van der Waals surface area contributed by atoms with E-state index in [-0.39, 0.29) is 6.04 Å². The number of amides is 1. The first-order valence-corrected chi connectivity index (χ1v) is 12.2. The molecular formula is C29H34N2O3. The Morgan fingerprint density at radius 2 is 1.85 bits per heavy atom. The summed E-state index contributed by atoms with van der Waals surface area (Å²) >= 11 is 0. The molecule has 5 nitrogen and oxygen atoms in total. The molecule has 1 aliphatic heterocycles. The number of hydrogen-bond donors (Lipinski definition) is 2. The quantitative estimate of drug-likeness (QED) is 0.397. The van der Waals surface area contributed by atoms with Gasteiger partial charge in [-0.2, -0.15) is 0 Å². The summed E-state index contributed by atoms with van der Waals surface area (Å²) in [5.41, 5.74) is 5.94. The summed E-state index contributed by atoms with van der Waals surface area (Å²) in [5.74, 6) is 1.69. The van der Waals surface area contributed by atoms with Crippen LogP contribution < -0.4 is 15.0 Å². The van der Waals surface area contributed by atoms with Crippen molar-refractivity contribution >= 4 is 17.9 Å². The molecule has 2 aromatic carbocycles. The van der Waals surface area contributed by atoms with Gasteiger partial charge in [0.25, 0.3) is 0 Å². The third-order valence-corrected chi connectivity index (χ3v) is 6.57. The molecule has 0 aromatic heterocycles. The first-order chi connectivity index (χ1) is 16.5. The Morgan fingerprint density at radius 3 is 2.62 bits per heavy atom. The summed E-state index contributed by atoms with van der Waals surface area (Å²) in [5, 5.41) is 12.0. The Labute approximate surface area is 202 Å². The summed E-state index contributed by atoms with van der Waals surface area (Å²) in [6, 6.07) is 12.3. The molecule has 0 fully saturated rings. The zero-order valence-electron chi connectivity index (χ0n) is 20.1. The zero-order chi connectivity index (χ0) is 23.9. The molecule has 5 heteroatoms. The molecule has 0 radical (unpaired) electrons. The minimum atomic E-state index is -0.962. The molecular weight excluding hydrogens is 424 g/mol. The Morgan fingerprint density at radius 1 is 1.03 bits per heavy atom. The van der Waals surface area contributed by atoms with E-state index in [2.05, 4.69) is 78.7 Å². The Hall–Kier alpha value is -3.47. The van der Waals surface area contributed by atoms with Gasteiger partial charge in [-0.1, -0.05) is 36.4 Å². The van der Waals surface area contributed by atoms with Crippen LogP contribution in [0.15, 0.2) is 66.3 Å². The molecule has 0 bridgehead atoms. The maximum atomic E-state index is 11.3. The molecule has 1 aliphatic carbocycles. The molecule has 2 aliphatic rings. The smallest absolute Gasteiger partial charge is 0.405 e. The third-order valence-electron chi connectivity index (χ3n) is 6.57. The first kappa shape index (κ1) is 23.7. The number of carboxylic acid groups (broad SMARTS) is 1. The van der Waals surface area contributed by atoms with Crippen molar-refractivity contribution in [3.8, 4) is 11.5 Å². The predicted octanol–water partition coefficient (Wildman–Crippen LogP) is 7.01. The largest absolute Gasteiger partial charge is 0.465 e. The fourth-order valence-electron chi connectivity index (χ4n) is 4.55. The lowest BCUT2D eigenvalue weighted by molar-refractivity contribution is 0.191. The monoisotopic (exact) mass is 458 g/mol. The van der Waals surface area contributed by atoms with Crippen LogP contribution in [0.5, 0.6) is 11.5 Å². The lowest BCUT2D eigenvalue weighted by Crippen LogP contribution is -2.35. The number of carbonyl (C=O) groups is 1. The van der Waals surface area contributed by atoms with Gasteiger partial charge in [0.15, 0.2) is 0 Å². The van der Waals surface area contributed by atoms with E-state index in [1.165, 1.54) is 22.4 Å². The highest BCUT2D eigenvalue weighted by Crippen LogP contribution is 2.33. The Balaban J connectivity index is 1.37. The molecule has 178 valence electrons. The second-order valence-electron chi connectivity index (χ2n) is 9.10. The van der Waals surface area contributed by atoms with Gasteiger partial charge in [-0.3, -0.25) is 0 Å². The summed E-state index contributed by atoms with van der Waals surface area (Å²) in [7, 11) is 0. The van der Waals surface area contributed by atoms with Crippen molar-refractivity contribution in [2.75, 3.05) is 18.0 Å². The number of rotatable bonds is 9. The van der Waals surface area contributed by atoms with Crippen molar-refractivity contribution in [1.29, 1.82) is 0 Å². The van der Waals surface area contributed by atoms with Gasteiger partial charge in [0.1, 0.15) is 11.5 Å². The van der Waals surface area contributed by atoms with Crippen LogP contribution in [0.1, 0.15) is 48.8 Å². The van der Waals surface area contributed by atoms with Crippen molar-refractivity contribution < 1.29 is 14.6 Å². The molecule has 0 saturated heterocycles. The van der Waals surface area contributed by atoms with Gasteiger partial charge in [0, 0.05) is 24.8 Å². The minimum Gasteiger partial charge on any atom is -0.465 e. The van der Waals surface area contributed by atoms with Gasteiger partial charge in [-0.25, -0.2) is 4.79 Å². The number of unbranched alkanes of at least 4 members (excludes halogenated alkanes) is 1. The molecule has 1 atom stereocenters. The molecule has 4 rings (SSSR count). The van der Waals surface area contributed by atoms with E-state index < -0.39 is 6.09 Å². The molecule has 2 N–H and O–H groups in total. The van der Waals surface area contributed by atoms with E-state index in [9.17, 15) is 9.90 Å². The van der Waals surface area contributed by atoms with Gasteiger partial charge in [-0.05, 0) is 92.5 Å². The Bertz CT molecular complexity index is 1120. The number of ether oxygens (including phenoxy) is 1. The maximum Gasteiger partial charge on any atom is 0.405 e. The van der Waals surface area contributed by atoms with Crippen molar-refractivity contribution in [3.05, 3.63) is 83.0 Å². The molecule has 1 amide bonds. The lowest BCUT2D eigenvalue weighted by Gasteiger charge is -2.29. The number of aryl methyl sites for hydroxylation is 2. The number of hydrogen-bond acceptors (Lipinski definition) is 3. The number of anilines is 1. The van der Waals surface area contributed by atoms with Gasteiger partial charge in [-0.15, -0.1) is 0 Å². The van der Waals surface area contributed by atoms with Crippen LogP contribution >= 0.6 is 0 Å². The average Bonchev–Trinajstić information content (AvgIpc) is 2.84. The summed E-state index contributed by atoms with van der Waals surface area (Å²) in [4.78, 5) is 13.7. The summed E-state index contributed by atoms with van der Waals surface area (Å²) < 4.78 is 6.16. The SMILES string of the molecule is Cc1ccc(Oc2ccc3c(c2)N(CCCCC(NC(=O)O)C2=CCCC=C2)CC=C3)cc1C. The number of allylic oxidation sites excluding steroid dienone is 2. The van der Waals surface area contributed by atoms with Crippen molar-refractivity contribution in [3.63, 3.8) is 0 Å². The van der Waals surface area contributed by atoms with E-state index in [0.717, 1.165) is 62.3 Å². The highest BCUT2D eigenvalue weighted by Gasteiger charge is 2.17. The first-order valence-electron chi connectivity index (χ1n) is 12.2. The van der Waals surface area contributed by atoms with Crippen LogP contribution in [0, 0.1) is 13.8 Å². The molecule has 1 heterocycles. The Kier molecular flexibility index (Phi) is 7.73. The average molecular weight is 459 g/mol. The lowest BCUT2D eigenvalue weighted by atomic mass is 9.96. The van der Waals surface area contributed by atoms with E-state index in [1.54, 1.807) is 0 Å². The van der Waals surface area contributed by atoms with Crippen LogP contribution in [0.2, 0.25) is 0 Å². The van der Waals surface area contributed by atoms with E-state index in [0.29, 0.717) is 0 Å². The molecule has 34 heavy (non-hydrogen) atoms. The van der Waals surface area contributed by atoms with E-state index >= 15 is 0 Å². The number of fused-ring (bicyclic) bond motifs is 1. The van der Waals surface area contributed by atoms with Crippen molar-refractivity contribution in [2.45, 2.75) is 52.0 Å². The zero-order valence-corrected chi connectivity index (χ0v) is 20.1. The topological polar surface area (TPSA) is 61.8 Å². The van der Waals surface area contributed by atoms with Crippen molar-refractivity contribution in [2.24, 2.45) is 0 Å². The van der Waals surface area contributed by atoms with Gasteiger partial charge in [0.05, 0.1) is 6.04 Å². The van der Waals surface area contributed by atoms with Crippen LogP contribution in [-0.4, -0.2) is 30.3 Å². The summed E-state index contributed by atoms with van der Waals surface area (Å²) in [6.45, 7) is 5.98. The maximum absolute atomic E-state index is 11.3. The third kappa shape index (κ3) is 6.10. The normalized spacial score (nSPS) is 15.5. The predicted molar refractivity (Wildman–Crippen MR) is 139 cm³/mol. The highest BCUT2D eigenvalue weighted by molar-refractivity contribution is 5.73. The van der Waals surface area contributed by atoms with Gasteiger partial charge < -0.3 is 20.1 Å². The highest BCUT2D eigenvalue weighted by atomic mass is 16.5. The molecule has 0 saturated carbocycles. The van der Waals surface area contributed by atoms with Crippen LogP contribution in [0.4, 0.5) is 10.5 Å². The number of benzene rings is 2. The standard InChI is InChI=1S/C29H34N2O3/c1-21-13-15-25(19-22(21)2)34-26-16-14-24-11-8-18-31(28(24)20-26)17-7-6-12-27(30-29(32)33)23-9-4-3-5-10-23/h4,8-11,13-16,19-20,27,30H,3,5-7,12,17-18H2,1-2H3,(H,32,33). The van der Waals surface area contributed by atoms with Crippen LogP contribution in [0.3, 0.4) is 0 Å². The summed E-state index contributed by atoms with van der Waals surface area (Å²) in [6.07, 6.45) is 14.5. The van der Waals surface area contributed by atoms with Gasteiger partial charge >= 0.3 is 6.09 Å². The second kappa shape index (κ2) is 11.1. The molecule has 1 unspecified atom stereocenters. The van der Waals surface area contributed by atoms with E-state index in [4.69, 9.17) is 4.74 Å². The molecule has 0 spiro atoms. The van der Waals surface area contributed by atoms with E-state index in [1.807, 2.05) is 12.1 Å². The fraction of sp³-hybridized carbons (Fsp3) is 0.345. The van der Waals surface area contributed by atoms with Crippen LogP contribution in [-0.2, 0) is 0 Å². The van der Waals surface area contributed by atoms with Crippen LogP contribution in [0.25, 0.3) is 6.08 Å². The van der Waals surface area contributed by atoms with Crippen molar-refractivity contribution in [1.82, 2.24) is 5.32 Å². The second-order valence-corrected chi connectivity index (χ2v) is 9.10. The minimum absolute atomic E-state index is 0.138.